The SMILES string of the molecule is CNc1cc2c(c(C(=O)NC[C@@H]3CCN(CCOCCO)CC3O)c1)OCCCO2. The van der Waals surface area contributed by atoms with Crippen molar-refractivity contribution in [2.24, 2.45) is 5.92 Å². The number of nitrogens with one attached hydrogen (secondary N) is 2. The third kappa shape index (κ3) is 5.98. The van der Waals surface area contributed by atoms with Gasteiger partial charge in [0.05, 0.1) is 44.7 Å². The number of hydrogen-bond acceptors (Lipinski definition) is 8. The highest BCUT2D eigenvalue weighted by Gasteiger charge is 2.29. The van der Waals surface area contributed by atoms with Crippen LogP contribution in [0.2, 0.25) is 0 Å². The molecule has 0 spiro atoms. The summed E-state index contributed by atoms with van der Waals surface area (Å²) in [6.07, 6.45) is 1.04. The second kappa shape index (κ2) is 11.4. The van der Waals surface area contributed by atoms with E-state index in [1.807, 2.05) is 6.07 Å². The summed E-state index contributed by atoms with van der Waals surface area (Å²) in [5.41, 5.74) is 1.22. The van der Waals surface area contributed by atoms with Crippen molar-refractivity contribution in [2.75, 3.05) is 71.6 Å². The fourth-order valence-electron chi connectivity index (χ4n) is 3.75. The molecule has 9 nitrogen and oxygen atoms in total. The van der Waals surface area contributed by atoms with Gasteiger partial charge in [0.25, 0.3) is 5.91 Å². The smallest absolute Gasteiger partial charge is 0.255 e. The van der Waals surface area contributed by atoms with Crippen LogP contribution in [0.3, 0.4) is 0 Å². The lowest BCUT2D eigenvalue weighted by Gasteiger charge is -2.35. The molecule has 0 aromatic heterocycles. The second-order valence-corrected chi connectivity index (χ2v) is 7.61. The molecular weight excluding hydrogens is 390 g/mol. The largest absolute Gasteiger partial charge is 0.489 e. The Kier molecular flexibility index (Phi) is 8.56. The van der Waals surface area contributed by atoms with Crippen LogP contribution in [0, 0.1) is 5.92 Å². The van der Waals surface area contributed by atoms with Crippen LogP contribution >= 0.6 is 0 Å². The van der Waals surface area contributed by atoms with Gasteiger partial charge in [0, 0.05) is 50.8 Å². The number of benzene rings is 1. The Balaban J connectivity index is 1.55. The van der Waals surface area contributed by atoms with Crippen molar-refractivity contribution in [3.8, 4) is 11.5 Å². The van der Waals surface area contributed by atoms with Gasteiger partial charge < -0.3 is 35.1 Å². The summed E-state index contributed by atoms with van der Waals surface area (Å²) < 4.78 is 16.8. The van der Waals surface area contributed by atoms with E-state index in [9.17, 15) is 9.90 Å². The molecule has 2 aliphatic heterocycles. The van der Waals surface area contributed by atoms with Crippen molar-refractivity contribution < 1.29 is 29.2 Å². The maximum Gasteiger partial charge on any atom is 0.255 e. The molecule has 1 saturated heterocycles. The van der Waals surface area contributed by atoms with Crippen molar-refractivity contribution >= 4 is 11.6 Å². The summed E-state index contributed by atoms with van der Waals surface area (Å²) in [5.74, 6) is 0.802. The summed E-state index contributed by atoms with van der Waals surface area (Å²) in [5, 5.41) is 25.3. The minimum atomic E-state index is -0.516. The quantitative estimate of drug-likeness (QED) is 0.420. The molecule has 2 heterocycles. The van der Waals surface area contributed by atoms with Crippen LogP contribution < -0.4 is 20.1 Å². The molecule has 9 heteroatoms. The van der Waals surface area contributed by atoms with Crippen molar-refractivity contribution in [3.63, 3.8) is 0 Å². The van der Waals surface area contributed by atoms with Crippen molar-refractivity contribution in [1.82, 2.24) is 10.2 Å². The summed E-state index contributed by atoms with van der Waals surface area (Å²) >= 11 is 0. The van der Waals surface area contributed by atoms with Crippen molar-refractivity contribution in [3.05, 3.63) is 17.7 Å². The third-order valence-corrected chi connectivity index (χ3v) is 5.50. The van der Waals surface area contributed by atoms with Gasteiger partial charge in [-0.1, -0.05) is 0 Å². The van der Waals surface area contributed by atoms with Gasteiger partial charge in [-0.2, -0.15) is 0 Å². The summed E-state index contributed by atoms with van der Waals surface area (Å²) in [6.45, 7) is 4.43. The Labute approximate surface area is 177 Å². The maximum atomic E-state index is 12.9. The number of likely N-dealkylation sites (tertiary alicyclic amines) is 1. The number of β-amino-alcohol motifs (C(OH)–C–C–N with tert-alkyl or cyclic N) is 1. The molecule has 30 heavy (non-hydrogen) atoms. The average Bonchev–Trinajstić information content (AvgIpc) is 3.00. The van der Waals surface area contributed by atoms with Crippen LogP contribution in [0.5, 0.6) is 11.5 Å². The number of nitrogens with zero attached hydrogens (tertiary/aromatic N) is 1. The van der Waals surface area contributed by atoms with Crippen LogP contribution in [0.25, 0.3) is 0 Å². The first-order valence-corrected chi connectivity index (χ1v) is 10.6. The molecule has 1 aromatic carbocycles. The molecule has 1 amide bonds. The molecule has 1 aromatic rings. The molecule has 168 valence electrons. The predicted molar refractivity (Wildman–Crippen MR) is 112 cm³/mol. The lowest BCUT2D eigenvalue weighted by atomic mass is 9.93. The fraction of sp³-hybridized carbons (Fsp3) is 0.667. The van der Waals surface area contributed by atoms with E-state index < -0.39 is 6.10 Å². The molecule has 0 aliphatic carbocycles. The first kappa shape index (κ1) is 22.6. The van der Waals surface area contributed by atoms with Gasteiger partial charge in [-0.25, -0.2) is 0 Å². The summed E-state index contributed by atoms with van der Waals surface area (Å²) in [4.78, 5) is 15.1. The van der Waals surface area contributed by atoms with E-state index in [0.717, 1.165) is 31.6 Å². The molecule has 1 fully saturated rings. The average molecular weight is 424 g/mol. The van der Waals surface area contributed by atoms with Gasteiger partial charge in [-0.3, -0.25) is 9.69 Å². The number of hydrogen-bond donors (Lipinski definition) is 4. The summed E-state index contributed by atoms with van der Waals surface area (Å²) in [6, 6.07) is 3.59. The van der Waals surface area contributed by atoms with E-state index in [0.29, 0.717) is 56.6 Å². The Morgan fingerprint density at radius 1 is 1.30 bits per heavy atom. The lowest BCUT2D eigenvalue weighted by Crippen LogP contribution is -2.48. The number of aliphatic hydroxyl groups is 2. The van der Waals surface area contributed by atoms with Gasteiger partial charge in [0.1, 0.15) is 0 Å². The number of carbonyl (C=O) groups excluding carboxylic acids is 1. The molecule has 3 rings (SSSR count). The predicted octanol–water partition coefficient (Wildman–Crippen LogP) is 0.311. The number of ether oxygens (including phenoxy) is 3. The van der Waals surface area contributed by atoms with Crippen molar-refractivity contribution in [1.29, 1.82) is 0 Å². The number of amides is 1. The normalized spacial score (nSPS) is 21.7. The second-order valence-electron chi connectivity index (χ2n) is 7.61. The molecular formula is C21H33N3O6. The minimum Gasteiger partial charge on any atom is -0.489 e. The van der Waals surface area contributed by atoms with E-state index in [-0.39, 0.29) is 18.4 Å². The molecule has 1 unspecified atom stereocenters. The highest BCUT2D eigenvalue weighted by Crippen LogP contribution is 2.36. The number of fused-ring (bicyclic) bond motifs is 1. The van der Waals surface area contributed by atoms with E-state index in [1.54, 1.807) is 13.1 Å². The van der Waals surface area contributed by atoms with Crippen LogP contribution in [0.4, 0.5) is 5.69 Å². The highest BCUT2D eigenvalue weighted by molar-refractivity contribution is 5.99. The number of carbonyl (C=O) groups is 1. The third-order valence-electron chi connectivity index (χ3n) is 5.50. The Hall–Kier alpha value is -2.07. The number of anilines is 1. The molecule has 0 bridgehead atoms. The van der Waals surface area contributed by atoms with Gasteiger partial charge in [0.15, 0.2) is 11.5 Å². The molecule has 2 aliphatic rings. The zero-order chi connectivity index (χ0) is 21.3. The highest BCUT2D eigenvalue weighted by atomic mass is 16.5. The van der Waals surface area contributed by atoms with Crippen LogP contribution in [0.1, 0.15) is 23.2 Å². The molecule has 0 radical (unpaired) electrons. The number of aliphatic hydroxyl groups excluding tert-OH is 2. The zero-order valence-electron chi connectivity index (χ0n) is 17.6. The van der Waals surface area contributed by atoms with Crippen LogP contribution in [-0.4, -0.2) is 93.4 Å². The maximum absolute atomic E-state index is 12.9. The van der Waals surface area contributed by atoms with Gasteiger partial charge >= 0.3 is 0 Å². The lowest BCUT2D eigenvalue weighted by molar-refractivity contribution is 0.00568. The molecule has 2 atom stereocenters. The first-order chi connectivity index (χ1) is 14.6. The minimum absolute atomic E-state index is 0.00758. The van der Waals surface area contributed by atoms with Gasteiger partial charge in [-0.15, -0.1) is 0 Å². The van der Waals surface area contributed by atoms with E-state index in [4.69, 9.17) is 19.3 Å². The Morgan fingerprint density at radius 3 is 2.90 bits per heavy atom. The standard InChI is InChI=1S/C21H33N3O6/c1-22-16-11-17(20-19(12-16)29-7-2-8-30-20)21(27)23-13-15-3-4-24(14-18(15)26)5-9-28-10-6-25/h11-12,15,18,22,25-26H,2-10,13-14H2,1H3,(H,23,27)/t15-,18?/m0/s1. The summed E-state index contributed by atoms with van der Waals surface area (Å²) in [7, 11) is 1.79. The van der Waals surface area contributed by atoms with Crippen LogP contribution in [0.15, 0.2) is 12.1 Å². The Bertz CT molecular complexity index is 702. The van der Waals surface area contributed by atoms with E-state index >= 15 is 0 Å². The topological polar surface area (TPSA) is 113 Å². The zero-order valence-corrected chi connectivity index (χ0v) is 17.6. The van der Waals surface area contributed by atoms with Crippen molar-refractivity contribution in [2.45, 2.75) is 18.9 Å². The van der Waals surface area contributed by atoms with Gasteiger partial charge in [0.2, 0.25) is 0 Å². The number of rotatable bonds is 9. The van der Waals surface area contributed by atoms with E-state index in [2.05, 4.69) is 15.5 Å². The molecule has 4 N–H and O–H groups in total. The van der Waals surface area contributed by atoms with E-state index in [1.165, 1.54) is 0 Å². The van der Waals surface area contributed by atoms with Gasteiger partial charge in [-0.05, 0) is 19.0 Å². The Morgan fingerprint density at radius 2 is 2.13 bits per heavy atom. The molecule has 0 saturated carbocycles. The fourth-order valence-corrected chi connectivity index (χ4v) is 3.75. The van der Waals surface area contributed by atoms with Crippen LogP contribution in [-0.2, 0) is 4.74 Å². The number of piperidine rings is 1. The first-order valence-electron chi connectivity index (χ1n) is 10.6. The monoisotopic (exact) mass is 423 g/mol.